The topological polar surface area (TPSA) is 98.9 Å². The van der Waals surface area contributed by atoms with Gasteiger partial charge >= 0.3 is 0 Å². The van der Waals surface area contributed by atoms with E-state index < -0.39 is 10.0 Å². The van der Waals surface area contributed by atoms with Gasteiger partial charge in [0.2, 0.25) is 10.0 Å². The summed E-state index contributed by atoms with van der Waals surface area (Å²) in [4.78, 5) is 4.05. The molecule has 100 valence electrons. The Morgan fingerprint density at radius 1 is 0.842 bits per heavy atom. The summed E-state index contributed by atoms with van der Waals surface area (Å²) >= 11 is 0. The normalized spacial score (nSPS) is 11.1. The predicted octanol–water partition coefficient (Wildman–Crippen LogP) is 1.98. The number of nitrogens with two attached hydrogens (primary N) is 1. The highest BCUT2D eigenvalue weighted by Gasteiger charge is 2.07. The van der Waals surface area contributed by atoms with E-state index in [9.17, 15) is 8.42 Å². The zero-order valence-electron chi connectivity index (χ0n) is 9.68. The van der Waals surface area contributed by atoms with Gasteiger partial charge < -0.3 is 9.62 Å². The third-order valence-corrected chi connectivity index (χ3v) is 3.25. The van der Waals surface area contributed by atoms with E-state index in [1.807, 2.05) is 0 Å². The van der Waals surface area contributed by atoms with Crippen LogP contribution in [0.2, 0.25) is 0 Å². The Labute approximate surface area is 110 Å². The summed E-state index contributed by atoms with van der Waals surface area (Å²) < 4.78 is 27.6. The van der Waals surface area contributed by atoms with E-state index in [4.69, 9.17) is 15.1 Å². The van der Waals surface area contributed by atoms with E-state index in [0.29, 0.717) is 11.5 Å². The lowest BCUT2D eigenvalue weighted by Gasteiger charge is -2.06. The maximum Gasteiger partial charge on any atom is 0.238 e. The van der Waals surface area contributed by atoms with Crippen molar-refractivity contribution in [3.63, 3.8) is 0 Å². The maximum absolute atomic E-state index is 11.1. The molecular formula is C12H11NO5S. The van der Waals surface area contributed by atoms with Crippen LogP contribution in [0, 0.1) is 0 Å². The molecule has 2 aromatic carbocycles. The van der Waals surface area contributed by atoms with Crippen molar-refractivity contribution in [1.82, 2.24) is 0 Å². The monoisotopic (exact) mass is 281 g/mol. The fourth-order valence-electron chi connectivity index (χ4n) is 1.40. The molecule has 0 amide bonds. The zero-order chi connectivity index (χ0) is 13.9. The van der Waals surface area contributed by atoms with Gasteiger partial charge in [-0.15, -0.1) is 0 Å². The van der Waals surface area contributed by atoms with Crippen LogP contribution in [-0.2, 0) is 10.0 Å². The van der Waals surface area contributed by atoms with Crippen LogP contribution < -0.4 is 14.8 Å². The molecule has 19 heavy (non-hydrogen) atoms. The molecule has 0 radical (unpaired) electrons. The number of hydrogen-bond donors (Lipinski definition) is 2. The lowest BCUT2D eigenvalue weighted by Crippen LogP contribution is -2.11. The highest BCUT2D eigenvalue weighted by atomic mass is 32.2. The fraction of sp³-hybridized carbons (Fsp3) is 0. The molecule has 0 aliphatic rings. The van der Waals surface area contributed by atoms with Gasteiger partial charge in [0.15, 0.2) is 5.75 Å². The van der Waals surface area contributed by atoms with Crippen LogP contribution in [0.5, 0.6) is 17.2 Å². The summed E-state index contributed by atoms with van der Waals surface area (Å²) in [5.41, 5.74) is 0. The Balaban J connectivity index is 2.15. The van der Waals surface area contributed by atoms with Crippen LogP contribution >= 0.6 is 0 Å². The Morgan fingerprint density at radius 2 is 1.26 bits per heavy atom. The molecule has 6 nitrogen and oxygen atoms in total. The summed E-state index contributed by atoms with van der Waals surface area (Å²) in [6, 6.07) is 11.9. The standard InChI is InChI=1S/C12H11NO5S/c13-19(15,16)12-7-5-10(6-8-12)17-9-1-3-11(18-14)4-2-9/h1-8,14H,(H2,13,15,16). The van der Waals surface area contributed by atoms with Crippen LogP contribution in [0.15, 0.2) is 53.4 Å². The van der Waals surface area contributed by atoms with Crippen molar-refractivity contribution in [2.75, 3.05) is 0 Å². The average molecular weight is 281 g/mol. The van der Waals surface area contributed by atoms with Crippen molar-refractivity contribution in [1.29, 1.82) is 0 Å². The molecule has 0 bridgehead atoms. The van der Waals surface area contributed by atoms with Gasteiger partial charge in [-0.2, -0.15) is 0 Å². The van der Waals surface area contributed by atoms with E-state index in [1.54, 1.807) is 12.1 Å². The summed E-state index contributed by atoms with van der Waals surface area (Å²) in [6.45, 7) is 0. The Kier molecular flexibility index (Phi) is 3.70. The number of rotatable bonds is 4. The van der Waals surface area contributed by atoms with Crippen molar-refractivity contribution in [3.8, 4) is 17.2 Å². The molecular weight excluding hydrogens is 270 g/mol. The second kappa shape index (κ2) is 5.27. The lowest BCUT2D eigenvalue weighted by molar-refractivity contribution is -0.137. The van der Waals surface area contributed by atoms with Crippen molar-refractivity contribution < 1.29 is 23.3 Å². The fourth-order valence-corrected chi connectivity index (χ4v) is 1.92. The van der Waals surface area contributed by atoms with Gasteiger partial charge in [-0.25, -0.2) is 18.8 Å². The molecule has 2 aromatic rings. The van der Waals surface area contributed by atoms with Crippen molar-refractivity contribution in [2.45, 2.75) is 4.90 Å². The third-order valence-electron chi connectivity index (χ3n) is 2.32. The lowest BCUT2D eigenvalue weighted by atomic mass is 10.3. The molecule has 0 fully saturated rings. The molecule has 7 heteroatoms. The molecule has 2 rings (SSSR count). The van der Waals surface area contributed by atoms with Crippen LogP contribution in [0.1, 0.15) is 0 Å². The minimum Gasteiger partial charge on any atom is -0.457 e. The first-order valence-corrected chi connectivity index (χ1v) is 6.76. The highest BCUT2D eigenvalue weighted by Crippen LogP contribution is 2.24. The quantitative estimate of drug-likeness (QED) is 0.659. The maximum atomic E-state index is 11.1. The second-order valence-electron chi connectivity index (χ2n) is 3.68. The molecule has 0 heterocycles. The Morgan fingerprint density at radius 3 is 1.68 bits per heavy atom. The first kappa shape index (κ1) is 13.3. The van der Waals surface area contributed by atoms with E-state index in [-0.39, 0.29) is 10.6 Å². The van der Waals surface area contributed by atoms with Crippen LogP contribution in [0.4, 0.5) is 0 Å². The predicted molar refractivity (Wildman–Crippen MR) is 67.6 cm³/mol. The van der Waals surface area contributed by atoms with Gasteiger partial charge in [-0.3, -0.25) is 0 Å². The van der Waals surface area contributed by atoms with Gasteiger partial charge in [-0.05, 0) is 48.5 Å². The second-order valence-corrected chi connectivity index (χ2v) is 5.24. The van der Waals surface area contributed by atoms with Crippen LogP contribution in [-0.4, -0.2) is 13.7 Å². The Hall–Kier alpha value is -2.09. The summed E-state index contributed by atoms with van der Waals surface area (Å²) in [5, 5.41) is 13.4. The van der Waals surface area contributed by atoms with Gasteiger partial charge in [0.1, 0.15) is 11.5 Å². The smallest absolute Gasteiger partial charge is 0.238 e. The Bertz CT molecular complexity index is 650. The average Bonchev–Trinajstić information content (AvgIpc) is 2.39. The SMILES string of the molecule is NS(=O)(=O)c1ccc(Oc2ccc(OO)cc2)cc1. The van der Waals surface area contributed by atoms with Crippen molar-refractivity contribution in [2.24, 2.45) is 5.14 Å². The van der Waals surface area contributed by atoms with Gasteiger partial charge in [0, 0.05) is 0 Å². The summed E-state index contributed by atoms with van der Waals surface area (Å²) in [7, 11) is -3.70. The molecule has 0 unspecified atom stereocenters. The zero-order valence-corrected chi connectivity index (χ0v) is 10.5. The van der Waals surface area contributed by atoms with E-state index >= 15 is 0 Å². The van der Waals surface area contributed by atoms with Crippen LogP contribution in [0.25, 0.3) is 0 Å². The number of ether oxygens (including phenoxy) is 1. The van der Waals surface area contributed by atoms with Gasteiger partial charge in [0.05, 0.1) is 4.90 Å². The summed E-state index contributed by atoms with van der Waals surface area (Å²) in [5.74, 6) is 1.27. The van der Waals surface area contributed by atoms with E-state index in [2.05, 4.69) is 4.89 Å². The van der Waals surface area contributed by atoms with Gasteiger partial charge in [-0.1, -0.05) is 0 Å². The number of hydrogen-bond acceptors (Lipinski definition) is 5. The molecule has 0 atom stereocenters. The summed E-state index contributed by atoms with van der Waals surface area (Å²) in [6.07, 6.45) is 0. The molecule has 0 aromatic heterocycles. The number of primary sulfonamides is 1. The molecule has 0 saturated carbocycles. The first-order valence-electron chi connectivity index (χ1n) is 5.21. The molecule has 3 N–H and O–H groups in total. The van der Waals surface area contributed by atoms with E-state index in [0.717, 1.165) is 0 Å². The largest absolute Gasteiger partial charge is 0.457 e. The molecule has 0 saturated heterocycles. The van der Waals surface area contributed by atoms with Crippen LogP contribution in [0.3, 0.4) is 0 Å². The number of sulfonamides is 1. The van der Waals surface area contributed by atoms with Crippen molar-refractivity contribution in [3.05, 3.63) is 48.5 Å². The minimum absolute atomic E-state index is 0.0175. The molecule has 0 aliphatic carbocycles. The highest BCUT2D eigenvalue weighted by molar-refractivity contribution is 7.89. The number of benzene rings is 2. The van der Waals surface area contributed by atoms with Gasteiger partial charge in [0.25, 0.3) is 0 Å². The van der Waals surface area contributed by atoms with E-state index in [1.165, 1.54) is 36.4 Å². The molecule has 0 spiro atoms. The van der Waals surface area contributed by atoms with Crippen molar-refractivity contribution >= 4 is 10.0 Å². The molecule has 0 aliphatic heterocycles. The first-order chi connectivity index (χ1) is 8.99. The third kappa shape index (κ3) is 3.44. The minimum atomic E-state index is -3.70.